The third-order valence-corrected chi connectivity index (χ3v) is 5.94. The summed E-state index contributed by atoms with van der Waals surface area (Å²) in [6.45, 7) is 3.88. The Balaban J connectivity index is 1.61. The molecular formula is C20H30N4O2S. The SMILES string of the molecule is O=C(CS)NCC1CCN(C(=O)C2(Nc3ccccc3)CCNCC2)CC1. The number of thiol groups is 1. The number of carbonyl (C=O) groups is 2. The first-order chi connectivity index (χ1) is 13.1. The Kier molecular flexibility index (Phi) is 7.01. The minimum Gasteiger partial charge on any atom is -0.371 e. The molecule has 2 amide bonds. The molecule has 2 aliphatic rings. The molecule has 0 saturated carbocycles. The molecule has 0 bridgehead atoms. The highest BCUT2D eigenvalue weighted by Crippen LogP contribution is 2.29. The maximum atomic E-state index is 13.5. The smallest absolute Gasteiger partial charge is 0.248 e. The average Bonchev–Trinajstić information content (AvgIpc) is 2.73. The molecule has 3 rings (SSSR count). The number of piperidine rings is 2. The van der Waals surface area contributed by atoms with E-state index in [0.717, 1.165) is 57.5 Å². The largest absolute Gasteiger partial charge is 0.371 e. The standard InChI is InChI=1S/C20H30N4O2S/c25-18(15-27)22-14-16-6-12-24(13-7-16)19(26)20(8-10-21-11-9-20)23-17-4-2-1-3-5-17/h1-5,16,21,23,27H,6-15H2,(H,22,25). The molecule has 2 fully saturated rings. The van der Waals surface area contributed by atoms with Crippen LogP contribution in [0.1, 0.15) is 25.7 Å². The Bertz CT molecular complexity index is 626. The maximum Gasteiger partial charge on any atom is 0.248 e. The lowest BCUT2D eigenvalue weighted by Gasteiger charge is -2.43. The van der Waals surface area contributed by atoms with E-state index >= 15 is 0 Å². The van der Waals surface area contributed by atoms with E-state index in [9.17, 15) is 9.59 Å². The lowest BCUT2D eigenvalue weighted by Crippen LogP contribution is -2.60. The monoisotopic (exact) mass is 390 g/mol. The van der Waals surface area contributed by atoms with Crippen molar-refractivity contribution in [2.75, 3.05) is 43.8 Å². The average molecular weight is 391 g/mol. The number of hydrogen-bond donors (Lipinski definition) is 4. The van der Waals surface area contributed by atoms with Crippen LogP contribution in [0.2, 0.25) is 0 Å². The van der Waals surface area contributed by atoms with Gasteiger partial charge in [-0.15, -0.1) is 0 Å². The third kappa shape index (κ3) is 5.17. The van der Waals surface area contributed by atoms with Gasteiger partial charge in [-0.1, -0.05) is 18.2 Å². The highest BCUT2D eigenvalue weighted by Gasteiger charge is 2.42. The van der Waals surface area contributed by atoms with Crippen molar-refractivity contribution in [1.82, 2.24) is 15.5 Å². The van der Waals surface area contributed by atoms with Crippen molar-refractivity contribution < 1.29 is 9.59 Å². The van der Waals surface area contributed by atoms with Crippen LogP contribution in [-0.2, 0) is 9.59 Å². The van der Waals surface area contributed by atoms with Gasteiger partial charge in [-0.3, -0.25) is 9.59 Å². The van der Waals surface area contributed by atoms with Crippen LogP contribution in [0.5, 0.6) is 0 Å². The van der Waals surface area contributed by atoms with Gasteiger partial charge in [-0.05, 0) is 56.8 Å². The predicted octanol–water partition coefficient (Wildman–Crippen LogP) is 1.51. The van der Waals surface area contributed by atoms with Gasteiger partial charge in [-0.25, -0.2) is 0 Å². The first kappa shape index (κ1) is 20.0. The maximum absolute atomic E-state index is 13.5. The van der Waals surface area contributed by atoms with Crippen molar-refractivity contribution in [2.45, 2.75) is 31.2 Å². The molecule has 0 aliphatic carbocycles. The van der Waals surface area contributed by atoms with Gasteiger partial charge < -0.3 is 20.9 Å². The zero-order chi connectivity index (χ0) is 19.1. The number of amides is 2. The minimum absolute atomic E-state index is 0.0300. The number of carbonyl (C=O) groups excluding carboxylic acids is 2. The summed E-state index contributed by atoms with van der Waals surface area (Å²) in [5.74, 6) is 0.839. The van der Waals surface area contributed by atoms with Gasteiger partial charge in [-0.2, -0.15) is 12.6 Å². The first-order valence-electron chi connectivity index (χ1n) is 9.84. The van der Waals surface area contributed by atoms with Gasteiger partial charge in [0.2, 0.25) is 11.8 Å². The van der Waals surface area contributed by atoms with Crippen LogP contribution in [0.25, 0.3) is 0 Å². The number of likely N-dealkylation sites (tertiary alicyclic amines) is 1. The molecule has 0 aromatic heterocycles. The van der Waals surface area contributed by atoms with E-state index in [1.54, 1.807) is 0 Å². The fourth-order valence-electron chi connectivity index (χ4n) is 4.00. The number of hydrogen-bond acceptors (Lipinski definition) is 5. The first-order valence-corrected chi connectivity index (χ1v) is 10.5. The lowest BCUT2D eigenvalue weighted by atomic mass is 9.85. The predicted molar refractivity (Wildman–Crippen MR) is 111 cm³/mol. The second-order valence-electron chi connectivity index (χ2n) is 7.52. The summed E-state index contributed by atoms with van der Waals surface area (Å²) in [6.07, 6.45) is 3.44. The van der Waals surface area contributed by atoms with Crippen molar-refractivity contribution in [3.63, 3.8) is 0 Å². The Morgan fingerprint density at radius 3 is 2.44 bits per heavy atom. The Morgan fingerprint density at radius 1 is 1.15 bits per heavy atom. The number of para-hydroxylation sites is 1. The van der Waals surface area contributed by atoms with Crippen LogP contribution < -0.4 is 16.0 Å². The van der Waals surface area contributed by atoms with Gasteiger partial charge in [0, 0.05) is 25.3 Å². The summed E-state index contributed by atoms with van der Waals surface area (Å²) in [5, 5.41) is 9.83. The number of benzene rings is 1. The highest BCUT2D eigenvalue weighted by atomic mass is 32.1. The second kappa shape index (κ2) is 9.46. The minimum atomic E-state index is -0.528. The second-order valence-corrected chi connectivity index (χ2v) is 7.84. The third-order valence-electron chi connectivity index (χ3n) is 5.66. The van der Waals surface area contributed by atoms with Crippen molar-refractivity contribution in [3.8, 4) is 0 Å². The Morgan fingerprint density at radius 2 is 1.81 bits per heavy atom. The van der Waals surface area contributed by atoms with Crippen LogP contribution in [0, 0.1) is 5.92 Å². The normalized spacial score (nSPS) is 20.1. The molecule has 0 atom stereocenters. The summed E-state index contributed by atoms with van der Waals surface area (Å²) in [7, 11) is 0. The number of rotatable bonds is 6. The molecule has 2 aliphatic heterocycles. The van der Waals surface area contributed by atoms with E-state index in [1.807, 2.05) is 35.2 Å². The lowest BCUT2D eigenvalue weighted by molar-refractivity contribution is -0.138. The van der Waals surface area contributed by atoms with Crippen LogP contribution in [0.3, 0.4) is 0 Å². The molecule has 2 saturated heterocycles. The zero-order valence-electron chi connectivity index (χ0n) is 15.7. The quantitative estimate of drug-likeness (QED) is 0.556. The summed E-state index contributed by atoms with van der Waals surface area (Å²) >= 11 is 3.99. The van der Waals surface area contributed by atoms with Gasteiger partial charge in [0.1, 0.15) is 5.54 Å². The van der Waals surface area contributed by atoms with E-state index in [-0.39, 0.29) is 17.6 Å². The number of nitrogens with one attached hydrogen (secondary N) is 3. The van der Waals surface area contributed by atoms with Crippen LogP contribution in [0.15, 0.2) is 30.3 Å². The number of anilines is 1. The number of nitrogens with zero attached hydrogens (tertiary/aromatic N) is 1. The van der Waals surface area contributed by atoms with Crippen LogP contribution >= 0.6 is 12.6 Å². The van der Waals surface area contributed by atoms with Gasteiger partial charge in [0.25, 0.3) is 0 Å². The van der Waals surface area contributed by atoms with Gasteiger partial charge >= 0.3 is 0 Å². The van der Waals surface area contributed by atoms with Crippen molar-refractivity contribution >= 4 is 30.1 Å². The molecule has 6 nitrogen and oxygen atoms in total. The summed E-state index contributed by atoms with van der Waals surface area (Å²) in [4.78, 5) is 26.8. The Hall–Kier alpha value is -1.73. The molecule has 1 aromatic rings. The molecule has 0 radical (unpaired) electrons. The van der Waals surface area contributed by atoms with Crippen LogP contribution in [0.4, 0.5) is 5.69 Å². The molecule has 0 unspecified atom stereocenters. The van der Waals surface area contributed by atoms with Gasteiger partial charge in [0.05, 0.1) is 5.75 Å². The molecule has 3 N–H and O–H groups in total. The Labute approximate surface area is 166 Å². The van der Waals surface area contributed by atoms with E-state index in [0.29, 0.717) is 12.5 Å². The molecule has 1 aromatic carbocycles. The molecule has 7 heteroatoms. The fourth-order valence-corrected chi connectivity index (χ4v) is 4.11. The summed E-state index contributed by atoms with van der Waals surface area (Å²) in [5.41, 5.74) is 0.469. The molecular weight excluding hydrogens is 360 g/mol. The molecule has 2 heterocycles. The topological polar surface area (TPSA) is 73.5 Å². The van der Waals surface area contributed by atoms with Crippen molar-refractivity contribution in [2.24, 2.45) is 5.92 Å². The zero-order valence-corrected chi connectivity index (χ0v) is 16.6. The van der Waals surface area contributed by atoms with Crippen molar-refractivity contribution in [3.05, 3.63) is 30.3 Å². The van der Waals surface area contributed by atoms with E-state index in [4.69, 9.17) is 0 Å². The van der Waals surface area contributed by atoms with E-state index in [1.165, 1.54) is 0 Å². The highest BCUT2D eigenvalue weighted by molar-refractivity contribution is 7.81. The summed E-state index contributed by atoms with van der Waals surface area (Å²) < 4.78 is 0. The molecule has 27 heavy (non-hydrogen) atoms. The van der Waals surface area contributed by atoms with Gasteiger partial charge in [0.15, 0.2) is 0 Å². The van der Waals surface area contributed by atoms with E-state index < -0.39 is 5.54 Å². The fraction of sp³-hybridized carbons (Fsp3) is 0.600. The van der Waals surface area contributed by atoms with Crippen LogP contribution in [-0.4, -0.2) is 60.7 Å². The summed E-state index contributed by atoms with van der Waals surface area (Å²) in [6, 6.07) is 10.0. The van der Waals surface area contributed by atoms with Crippen molar-refractivity contribution in [1.29, 1.82) is 0 Å². The molecule has 0 spiro atoms. The van der Waals surface area contributed by atoms with E-state index in [2.05, 4.69) is 28.6 Å². The molecule has 148 valence electrons.